The Hall–Kier alpha value is -3.13. The van der Waals surface area contributed by atoms with E-state index in [1.54, 1.807) is 24.3 Å². The van der Waals surface area contributed by atoms with E-state index in [2.05, 4.69) is 0 Å². The molecule has 0 amide bonds. The van der Waals surface area contributed by atoms with Crippen molar-refractivity contribution in [2.24, 2.45) is 0 Å². The lowest BCUT2D eigenvalue weighted by Crippen LogP contribution is -2.27. The zero-order chi connectivity index (χ0) is 18.9. The van der Waals surface area contributed by atoms with E-state index in [0.717, 1.165) is 16.6 Å². The standard InChI is InChI=1S/C18H16N2O5S/c1-13-6-8-15(9-7-13)26(23,24)20-12-14(11-17(20)18(21)25-2)16-5-3-4-10-19(16)22/h3-12H,1-2H3. The molecule has 3 aromatic rings. The van der Waals surface area contributed by atoms with Crippen molar-refractivity contribution in [1.82, 2.24) is 3.97 Å². The Balaban J connectivity index is 2.21. The molecule has 26 heavy (non-hydrogen) atoms. The first-order valence-corrected chi connectivity index (χ1v) is 9.10. The second-order valence-electron chi connectivity index (χ2n) is 5.63. The van der Waals surface area contributed by atoms with Crippen LogP contribution in [0.1, 0.15) is 16.1 Å². The van der Waals surface area contributed by atoms with Gasteiger partial charge < -0.3 is 9.94 Å². The van der Waals surface area contributed by atoms with Gasteiger partial charge in [-0.05, 0) is 31.2 Å². The van der Waals surface area contributed by atoms with Crippen molar-refractivity contribution < 1.29 is 22.7 Å². The predicted octanol–water partition coefficient (Wildman–Crippen LogP) is 2.12. The number of esters is 1. The number of aromatic nitrogens is 2. The van der Waals surface area contributed by atoms with Gasteiger partial charge in [0.25, 0.3) is 10.0 Å². The molecule has 0 atom stereocenters. The third-order valence-corrected chi connectivity index (χ3v) is 5.57. The minimum atomic E-state index is -4.04. The number of hydrogen-bond donors (Lipinski definition) is 0. The minimum absolute atomic E-state index is 0.0264. The molecular weight excluding hydrogens is 356 g/mol. The van der Waals surface area contributed by atoms with Crippen LogP contribution in [0.15, 0.2) is 65.8 Å². The summed E-state index contributed by atoms with van der Waals surface area (Å²) in [6, 6.07) is 12.3. The largest absolute Gasteiger partial charge is 0.618 e. The molecule has 1 aromatic carbocycles. The van der Waals surface area contributed by atoms with E-state index in [9.17, 15) is 18.4 Å². The number of aryl methyl sites for hydroxylation is 1. The Kier molecular flexibility index (Phi) is 4.52. The molecule has 0 saturated heterocycles. The zero-order valence-electron chi connectivity index (χ0n) is 14.1. The van der Waals surface area contributed by atoms with Crippen LogP contribution in [0, 0.1) is 12.1 Å². The van der Waals surface area contributed by atoms with E-state index in [-0.39, 0.29) is 21.8 Å². The minimum Gasteiger partial charge on any atom is -0.618 e. The molecule has 0 aliphatic carbocycles. The number of rotatable bonds is 4. The SMILES string of the molecule is COC(=O)c1cc(-c2cccc[n+]2[O-])cn1S(=O)(=O)c1ccc(C)cc1. The maximum atomic E-state index is 13.0. The normalized spacial score (nSPS) is 11.3. The van der Waals surface area contributed by atoms with Crippen LogP contribution < -0.4 is 4.73 Å². The van der Waals surface area contributed by atoms with Crippen LogP contribution in [-0.2, 0) is 14.8 Å². The molecule has 7 nitrogen and oxygen atoms in total. The van der Waals surface area contributed by atoms with Crippen molar-refractivity contribution in [1.29, 1.82) is 0 Å². The van der Waals surface area contributed by atoms with Crippen LogP contribution in [-0.4, -0.2) is 25.5 Å². The van der Waals surface area contributed by atoms with E-state index in [4.69, 9.17) is 4.74 Å². The highest BCUT2D eigenvalue weighted by atomic mass is 32.2. The summed E-state index contributed by atoms with van der Waals surface area (Å²) in [5.74, 6) is -0.819. The second kappa shape index (κ2) is 6.64. The van der Waals surface area contributed by atoms with Crippen molar-refractivity contribution in [3.05, 3.63) is 77.4 Å². The molecule has 0 fully saturated rings. The molecule has 134 valence electrons. The lowest BCUT2D eigenvalue weighted by molar-refractivity contribution is -0.593. The number of carbonyl (C=O) groups is 1. The summed E-state index contributed by atoms with van der Waals surface area (Å²) in [6.45, 7) is 1.84. The third-order valence-electron chi connectivity index (χ3n) is 3.88. The number of benzene rings is 1. The molecular formula is C18H16N2O5S. The summed E-state index contributed by atoms with van der Waals surface area (Å²) in [4.78, 5) is 12.1. The van der Waals surface area contributed by atoms with Gasteiger partial charge in [-0.25, -0.2) is 17.2 Å². The number of hydrogen-bond acceptors (Lipinski definition) is 5. The van der Waals surface area contributed by atoms with Gasteiger partial charge in [-0.1, -0.05) is 17.7 Å². The van der Waals surface area contributed by atoms with Gasteiger partial charge in [0.15, 0.2) is 6.20 Å². The van der Waals surface area contributed by atoms with Gasteiger partial charge >= 0.3 is 5.97 Å². The number of methoxy groups -OCH3 is 1. The van der Waals surface area contributed by atoms with Crippen molar-refractivity contribution in [2.45, 2.75) is 11.8 Å². The van der Waals surface area contributed by atoms with Gasteiger partial charge in [0.05, 0.1) is 17.6 Å². The summed E-state index contributed by atoms with van der Waals surface area (Å²) in [6.07, 6.45) is 2.53. The van der Waals surface area contributed by atoms with Gasteiger partial charge in [-0.15, -0.1) is 0 Å². The highest BCUT2D eigenvalue weighted by molar-refractivity contribution is 7.90. The van der Waals surface area contributed by atoms with Crippen LogP contribution >= 0.6 is 0 Å². The highest BCUT2D eigenvalue weighted by Gasteiger charge is 2.27. The lowest BCUT2D eigenvalue weighted by Gasteiger charge is -2.09. The summed E-state index contributed by atoms with van der Waals surface area (Å²) < 4.78 is 32.1. The van der Waals surface area contributed by atoms with Crippen LogP contribution in [0.4, 0.5) is 0 Å². The van der Waals surface area contributed by atoms with E-state index in [1.807, 2.05) is 6.92 Å². The number of pyridine rings is 1. The van der Waals surface area contributed by atoms with Gasteiger partial charge in [0, 0.05) is 18.3 Å². The molecule has 2 heterocycles. The Morgan fingerprint density at radius 1 is 1.15 bits per heavy atom. The summed E-state index contributed by atoms with van der Waals surface area (Å²) in [7, 11) is -2.88. The first-order valence-electron chi connectivity index (χ1n) is 7.66. The average molecular weight is 372 g/mol. The molecule has 8 heteroatoms. The Morgan fingerprint density at radius 3 is 2.46 bits per heavy atom. The fourth-order valence-corrected chi connectivity index (χ4v) is 3.86. The smallest absolute Gasteiger partial charge is 0.355 e. The summed E-state index contributed by atoms with van der Waals surface area (Å²) >= 11 is 0. The maximum Gasteiger partial charge on any atom is 0.355 e. The van der Waals surface area contributed by atoms with E-state index >= 15 is 0 Å². The quantitative estimate of drug-likeness (QED) is 0.397. The van der Waals surface area contributed by atoms with Gasteiger partial charge in [0.2, 0.25) is 5.69 Å². The van der Waals surface area contributed by atoms with Crippen LogP contribution in [0.25, 0.3) is 11.3 Å². The Morgan fingerprint density at radius 2 is 1.85 bits per heavy atom. The molecule has 2 aromatic heterocycles. The van der Waals surface area contributed by atoms with Gasteiger partial charge in [0.1, 0.15) is 5.69 Å². The van der Waals surface area contributed by atoms with E-state index in [1.165, 1.54) is 36.7 Å². The van der Waals surface area contributed by atoms with Crippen molar-refractivity contribution in [2.75, 3.05) is 7.11 Å². The number of ether oxygens (including phenoxy) is 1. The third kappa shape index (κ3) is 3.06. The van der Waals surface area contributed by atoms with Crippen molar-refractivity contribution in [3.8, 4) is 11.3 Å². The van der Waals surface area contributed by atoms with E-state index < -0.39 is 16.0 Å². The number of nitrogens with zero attached hydrogens (tertiary/aromatic N) is 2. The predicted molar refractivity (Wildman–Crippen MR) is 93.9 cm³/mol. The monoisotopic (exact) mass is 372 g/mol. The maximum absolute atomic E-state index is 13.0. The lowest BCUT2D eigenvalue weighted by atomic mass is 10.2. The molecule has 0 saturated carbocycles. The van der Waals surface area contributed by atoms with Crippen LogP contribution in [0.5, 0.6) is 0 Å². The molecule has 3 rings (SSSR count). The first-order chi connectivity index (χ1) is 12.3. The number of carbonyl (C=O) groups excluding carboxylic acids is 1. The van der Waals surface area contributed by atoms with Gasteiger partial charge in [-0.2, -0.15) is 4.73 Å². The molecule has 0 unspecified atom stereocenters. The Bertz CT molecular complexity index is 1070. The molecule has 0 N–H and O–H groups in total. The molecule has 0 aliphatic rings. The van der Waals surface area contributed by atoms with Gasteiger partial charge in [-0.3, -0.25) is 0 Å². The Labute approximate surface area is 150 Å². The van der Waals surface area contributed by atoms with Crippen LogP contribution in [0.3, 0.4) is 0 Å². The van der Waals surface area contributed by atoms with E-state index in [0.29, 0.717) is 4.73 Å². The molecule has 0 bridgehead atoms. The molecule has 0 aliphatic heterocycles. The summed E-state index contributed by atoms with van der Waals surface area (Å²) in [5, 5.41) is 12.0. The first kappa shape index (κ1) is 17.7. The second-order valence-corrected chi connectivity index (χ2v) is 7.45. The topological polar surface area (TPSA) is 92.3 Å². The average Bonchev–Trinajstić information content (AvgIpc) is 3.08. The zero-order valence-corrected chi connectivity index (χ0v) is 14.9. The molecule has 0 spiro atoms. The van der Waals surface area contributed by atoms with Crippen molar-refractivity contribution >= 4 is 16.0 Å². The highest BCUT2D eigenvalue weighted by Crippen LogP contribution is 2.24. The van der Waals surface area contributed by atoms with Crippen LogP contribution in [0.2, 0.25) is 0 Å². The fourth-order valence-electron chi connectivity index (χ4n) is 2.51. The summed E-state index contributed by atoms with van der Waals surface area (Å²) in [5.41, 5.74) is 1.22. The fraction of sp³-hybridized carbons (Fsp3) is 0.111. The molecule has 0 radical (unpaired) electrons. The van der Waals surface area contributed by atoms with Crippen molar-refractivity contribution in [3.63, 3.8) is 0 Å².